The fraction of sp³-hybridized carbons (Fsp3) is 0.500. The van der Waals surface area contributed by atoms with Crippen LogP contribution in [0, 0.1) is 5.92 Å². The summed E-state index contributed by atoms with van der Waals surface area (Å²) in [5.41, 5.74) is 2.12. The quantitative estimate of drug-likeness (QED) is 0.910. The first-order valence-electron chi connectivity index (χ1n) is 7.37. The number of benzene rings is 1. The lowest BCUT2D eigenvalue weighted by molar-refractivity contribution is -0.126. The second kappa shape index (κ2) is 5.27. The molecule has 3 rings (SSSR count). The molecule has 1 aliphatic carbocycles. The maximum absolute atomic E-state index is 12.1. The van der Waals surface area contributed by atoms with Crippen LogP contribution in [0.2, 0.25) is 0 Å². The number of rotatable bonds is 4. The standard InChI is InChI=1S/C16H20N2O2/c1-2-11-4-3-5-14(8-11)18-10-12(9-15(18)19)16(20)17-13-6-7-13/h3-5,8,12-13H,2,6-7,9-10H2,1H3,(H,17,20)/t12-/m1/s1. The fourth-order valence-electron chi connectivity index (χ4n) is 2.62. The van der Waals surface area contributed by atoms with Gasteiger partial charge in [0.1, 0.15) is 0 Å². The molecule has 1 aromatic rings. The number of carbonyl (C=O) groups excluding carboxylic acids is 2. The summed E-state index contributed by atoms with van der Waals surface area (Å²) in [7, 11) is 0. The summed E-state index contributed by atoms with van der Waals surface area (Å²) in [5.74, 6) is -0.113. The number of carbonyl (C=O) groups is 2. The van der Waals surface area contributed by atoms with Gasteiger partial charge in [0.2, 0.25) is 11.8 Å². The molecule has 2 fully saturated rings. The summed E-state index contributed by atoms with van der Waals surface area (Å²) in [4.78, 5) is 25.9. The Bertz CT molecular complexity index is 537. The Morgan fingerprint density at radius 2 is 2.20 bits per heavy atom. The minimum absolute atomic E-state index is 0.0370. The van der Waals surface area contributed by atoms with Crippen LogP contribution in [-0.2, 0) is 16.0 Å². The number of aryl methyl sites for hydroxylation is 1. The van der Waals surface area contributed by atoms with Gasteiger partial charge >= 0.3 is 0 Å². The van der Waals surface area contributed by atoms with E-state index in [1.54, 1.807) is 4.90 Å². The molecule has 0 aromatic heterocycles. The van der Waals surface area contributed by atoms with Crippen LogP contribution in [0.1, 0.15) is 31.7 Å². The molecule has 0 radical (unpaired) electrons. The van der Waals surface area contributed by atoms with E-state index < -0.39 is 0 Å². The average Bonchev–Trinajstić information content (AvgIpc) is 3.18. The van der Waals surface area contributed by atoms with Crippen molar-refractivity contribution in [3.63, 3.8) is 0 Å². The molecule has 1 aliphatic heterocycles. The van der Waals surface area contributed by atoms with Crippen molar-refractivity contribution < 1.29 is 9.59 Å². The van der Waals surface area contributed by atoms with Crippen LogP contribution >= 0.6 is 0 Å². The number of nitrogens with one attached hydrogen (secondary N) is 1. The van der Waals surface area contributed by atoms with Gasteiger partial charge in [-0.15, -0.1) is 0 Å². The van der Waals surface area contributed by atoms with Gasteiger partial charge in [0, 0.05) is 24.7 Å². The van der Waals surface area contributed by atoms with Gasteiger partial charge < -0.3 is 10.2 Å². The van der Waals surface area contributed by atoms with E-state index >= 15 is 0 Å². The molecule has 1 N–H and O–H groups in total. The van der Waals surface area contributed by atoms with Gasteiger partial charge in [-0.25, -0.2) is 0 Å². The third-order valence-electron chi connectivity index (χ3n) is 4.05. The van der Waals surface area contributed by atoms with E-state index in [9.17, 15) is 9.59 Å². The maximum atomic E-state index is 12.1. The van der Waals surface area contributed by atoms with E-state index in [1.165, 1.54) is 5.56 Å². The van der Waals surface area contributed by atoms with Crippen molar-refractivity contribution >= 4 is 17.5 Å². The van der Waals surface area contributed by atoms with Crippen LogP contribution in [0.5, 0.6) is 0 Å². The highest BCUT2D eigenvalue weighted by molar-refractivity contribution is 6.00. The molecule has 1 saturated heterocycles. The van der Waals surface area contributed by atoms with Crippen molar-refractivity contribution in [2.45, 2.75) is 38.6 Å². The van der Waals surface area contributed by atoms with Gasteiger partial charge in [-0.2, -0.15) is 0 Å². The maximum Gasteiger partial charge on any atom is 0.227 e. The number of nitrogens with zero attached hydrogens (tertiary/aromatic N) is 1. The van der Waals surface area contributed by atoms with Gasteiger partial charge in [-0.1, -0.05) is 19.1 Å². The second-order valence-corrected chi connectivity index (χ2v) is 5.71. The first-order chi connectivity index (χ1) is 9.67. The SMILES string of the molecule is CCc1cccc(N2C[C@H](C(=O)NC3CC3)CC2=O)c1. The molecule has 1 atom stereocenters. The Morgan fingerprint density at radius 1 is 1.40 bits per heavy atom. The molecule has 2 aliphatic rings. The Balaban J connectivity index is 1.70. The summed E-state index contributed by atoms with van der Waals surface area (Å²) in [6.45, 7) is 2.60. The average molecular weight is 272 g/mol. The van der Waals surface area contributed by atoms with Gasteiger partial charge in [0.15, 0.2) is 0 Å². The Hall–Kier alpha value is -1.84. The lowest BCUT2D eigenvalue weighted by Gasteiger charge is -2.17. The molecule has 1 heterocycles. The molecule has 4 nitrogen and oxygen atoms in total. The van der Waals surface area contributed by atoms with Gasteiger partial charge in [-0.05, 0) is 37.0 Å². The zero-order chi connectivity index (χ0) is 14.1. The molecular formula is C16H20N2O2. The molecule has 1 saturated carbocycles. The summed E-state index contributed by atoms with van der Waals surface area (Å²) < 4.78 is 0. The predicted molar refractivity (Wildman–Crippen MR) is 77.4 cm³/mol. The number of hydrogen-bond acceptors (Lipinski definition) is 2. The van der Waals surface area contributed by atoms with E-state index in [0.29, 0.717) is 19.0 Å². The highest BCUT2D eigenvalue weighted by atomic mass is 16.2. The number of anilines is 1. The third-order valence-corrected chi connectivity index (χ3v) is 4.05. The topological polar surface area (TPSA) is 49.4 Å². The zero-order valence-electron chi connectivity index (χ0n) is 11.8. The van der Waals surface area contributed by atoms with Crippen molar-refractivity contribution in [3.8, 4) is 0 Å². The van der Waals surface area contributed by atoms with Crippen molar-refractivity contribution in [2.24, 2.45) is 5.92 Å². The smallest absolute Gasteiger partial charge is 0.227 e. The first-order valence-corrected chi connectivity index (χ1v) is 7.37. The molecular weight excluding hydrogens is 252 g/mol. The Morgan fingerprint density at radius 3 is 2.90 bits per heavy atom. The number of amides is 2. The van der Waals surface area contributed by atoms with Crippen molar-refractivity contribution in [1.82, 2.24) is 5.32 Å². The predicted octanol–water partition coefficient (Wildman–Crippen LogP) is 1.88. The molecule has 0 unspecified atom stereocenters. The molecule has 1 aromatic carbocycles. The first kappa shape index (κ1) is 13.2. The van der Waals surface area contributed by atoms with Gasteiger partial charge in [0.05, 0.1) is 5.92 Å². The van der Waals surface area contributed by atoms with Crippen LogP contribution in [0.25, 0.3) is 0 Å². The van der Waals surface area contributed by atoms with Crippen LogP contribution in [-0.4, -0.2) is 24.4 Å². The molecule has 0 spiro atoms. The Kier molecular flexibility index (Phi) is 3.47. The van der Waals surface area contributed by atoms with E-state index in [4.69, 9.17) is 0 Å². The molecule has 4 heteroatoms. The lowest BCUT2D eigenvalue weighted by atomic mass is 10.1. The minimum atomic E-state index is -0.201. The largest absolute Gasteiger partial charge is 0.353 e. The van der Waals surface area contributed by atoms with Crippen molar-refractivity contribution in [3.05, 3.63) is 29.8 Å². The second-order valence-electron chi connectivity index (χ2n) is 5.71. The molecule has 106 valence electrons. The Labute approximate surface area is 119 Å². The van der Waals surface area contributed by atoms with E-state index in [1.807, 2.05) is 18.2 Å². The summed E-state index contributed by atoms with van der Waals surface area (Å²) >= 11 is 0. The number of hydrogen-bond donors (Lipinski definition) is 1. The lowest BCUT2D eigenvalue weighted by Crippen LogP contribution is -2.34. The summed E-state index contributed by atoms with van der Waals surface area (Å²) in [6.07, 6.45) is 3.43. The highest BCUT2D eigenvalue weighted by Gasteiger charge is 2.37. The minimum Gasteiger partial charge on any atom is -0.353 e. The zero-order valence-corrected chi connectivity index (χ0v) is 11.8. The highest BCUT2D eigenvalue weighted by Crippen LogP contribution is 2.27. The monoisotopic (exact) mass is 272 g/mol. The van der Waals surface area contributed by atoms with Crippen LogP contribution < -0.4 is 10.2 Å². The van der Waals surface area contributed by atoms with E-state index in [2.05, 4.69) is 18.3 Å². The molecule has 2 amide bonds. The molecule has 20 heavy (non-hydrogen) atoms. The van der Waals surface area contributed by atoms with Crippen molar-refractivity contribution in [2.75, 3.05) is 11.4 Å². The molecule has 0 bridgehead atoms. The van der Waals surface area contributed by atoms with Gasteiger partial charge in [0.25, 0.3) is 0 Å². The van der Waals surface area contributed by atoms with Crippen molar-refractivity contribution in [1.29, 1.82) is 0 Å². The summed E-state index contributed by atoms with van der Waals surface area (Å²) in [6, 6.07) is 8.37. The third kappa shape index (κ3) is 2.69. The van der Waals surface area contributed by atoms with E-state index in [-0.39, 0.29) is 17.7 Å². The van der Waals surface area contributed by atoms with Crippen LogP contribution in [0.4, 0.5) is 5.69 Å². The van der Waals surface area contributed by atoms with E-state index in [0.717, 1.165) is 24.9 Å². The normalized spacial score (nSPS) is 22.1. The van der Waals surface area contributed by atoms with Crippen LogP contribution in [0.15, 0.2) is 24.3 Å². The van der Waals surface area contributed by atoms with Crippen LogP contribution in [0.3, 0.4) is 0 Å². The van der Waals surface area contributed by atoms with Gasteiger partial charge in [-0.3, -0.25) is 9.59 Å². The fourth-order valence-corrected chi connectivity index (χ4v) is 2.62. The summed E-state index contributed by atoms with van der Waals surface area (Å²) in [5, 5.41) is 2.99.